The van der Waals surface area contributed by atoms with Gasteiger partial charge in [-0.15, -0.1) is 0 Å². The SMILES string of the molecule is Cc1ccc(Nc2cc(N(C)Cc3ccccc3)ncn2)c(C)c1. The van der Waals surface area contributed by atoms with Crippen LogP contribution in [0.5, 0.6) is 0 Å². The van der Waals surface area contributed by atoms with Crippen LogP contribution in [-0.2, 0) is 6.54 Å². The molecule has 122 valence electrons. The zero-order valence-corrected chi connectivity index (χ0v) is 14.3. The van der Waals surface area contributed by atoms with Gasteiger partial charge in [-0.3, -0.25) is 0 Å². The summed E-state index contributed by atoms with van der Waals surface area (Å²) in [7, 11) is 2.04. The van der Waals surface area contributed by atoms with Gasteiger partial charge in [0, 0.05) is 25.3 Å². The van der Waals surface area contributed by atoms with E-state index in [2.05, 4.69) is 76.5 Å². The third kappa shape index (κ3) is 3.90. The van der Waals surface area contributed by atoms with Crippen molar-refractivity contribution in [3.05, 3.63) is 77.6 Å². The first-order valence-corrected chi connectivity index (χ1v) is 8.03. The number of nitrogens with one attached hydrogen (secondary N) is 1. The molecule has 1 N–H and O–H groups in total. The number of nitrogens with zero attached hydrogens (tertiary/aromatic N) is 3. The van der Waals surface area contributed by atoms with E-state index in [0.717, 1.165) is 23.9 Å². The van der Waals surface area contributed by atoms with Gasteiger partial charge in [0.05, 0.1) is 0 Å². The summed E-state index contributed by atoms with van der Waals surface area (Å²) >= 11 is 0. The van der Waals surface area contributed by atoms with Crippen molar-refractivity contribution in [2.75, 3.05) is 17.3 Å². The van der Waals surface area contributed by atoms with E-state index in [9.17, 15) is 0 Å². The number of benzene rings is 2. The highest BCUT2D eigenvalue weighted by Crippen LogP contribution is 2.22. The van der Waals surface area contributed by atoms with Crippen LogP contribution >= 0.6 is 0 Å². The molecule has 0 atom stereocenters. The number of aryl methyl sites for hydroxylation is 2. The fourth-order valence-electron chi connectivity index (χ4n) is 2.65. The van der Waals surface area contributed by atoms with Gasteiger partial charge in [0.1, 0.15) is 18.0 Å². The Kier molecular flexibility index (Phi) is 4.75. The number of hydrogen-bond acceptors (Lipinski definition) is 4. The van der Waals surface area contributed by atoms with E-state index in [0.29, 0.717) is 0 Å². The summed E-state index contributed by atoms with van der Waals surface area (Å²) in [4.78, 5) is 10.8. The Bertz CT molecular complexity index is 815. The highest BCUT2D eigenvalue weighted by atomic mass is 15.2. The molecule has 0 aliphatic rings. The van der Waals surface area contributed by atoms with Crippen molar-refractivity contribution in [3.63, 3.8) is 0 Å². The summed E-state index contributed by atoms with van der Waals surface area (Å²) < 4.78 is 0. The third-order valence-electron chi connectivity index (χ3n) is 3.95. The van der Waals surface area contributed by atoms with Crippen LogP contribution in [0, 0.1) is 13.8 Å². The Morgan fingerprint density at radius 3 is 2.50 bits per heavy atom. The lowest BCUT2D eigenvalue weighted by Crippen LogP contribution is -2.18. The number of hydrogen-bond donors (Lipinski definition) is 1. The molecule has 0 saturated heterocycles. The summed E-state index contributed by atoms with van der Waals surface area (Å²) in [5, 5.41) is 3.38. The highest BCUT2D eigenvalue weighted by Gasteiger charge is 2.06. The molecule has 3 aromatic rings. The Balaban J connectivity index is 1.76. The minimum atomic E-state index is 0.798. The fraction of sp³-hybridized carbons (Fsp3) is 0.200. The van der Waals surface area contributed by atoms with Crippen molar-refractivity contribution in [2.24, 2.45) is 0 Å². The minimum absolute atomic E-state index is 0.798. The summed E-state index contributed by atoms with van der Waals surface area (Å²) in [6.45, 7) is 5.00. The molecule has 0 amide bonds. The van der Waals surface area contributed by atoms with Gasteiger partial charge in [0.25, 0.3) is 0 Å². The van der Waals surface area contributed by atoms with Gasteiger partial charge in [-0.05, 0) is 31.0 Å². The number of aromatic nitrogens is 2. The fourth-order valence-corrected chi connectivity index (χ4v) is 2.65. The molecule has 3 rings (SSSR count). The molecule has 2 aromatic carbocycles. The number of rotatable bonds is 5. The molecule has 0 bridgehead atoms. The van der Waals surface area contributed by atoms with E-state index in [1.54, 1.807) is 6.33 Å². The Morgan fingerprint density at radius 2 is 1.75 bits per heavy atom. The van der Waals surface area contributed by atoms with Crippen LogP contribution in [0.4, 0.5) is 17.3 Å². The van der Waals surface area contributed by atoms with Crippen LogP contribution in [0.15, 0.2) is 60.9 Å². The molecule has 24 heavy (non-hydrogen) atoms. The predicted octanol–water partition coefficient (Wildman–Crippen LogP) is 4.47. The lowest BCUT2D eigenvalue weighted by atomic mass is 10.1. The molecule has 0 radical (unpaired) electrons. The van der Waals surface area contributed by atoms with Crippen molar-refractivity contribution in [1.82, 2.24) is 9.97 Å². The molecule has 1 aromatic heterocycles. The van der Waals surface area contributed by atoms with Gasteiger partial charge in [-0.1, -0.05) is 48.0 Å². The van der Waals surface area contributed by atoms with Gasteiger partial charge in [-0.25, -0.2) is 9.97 Å². The monoisotopic (exact) mass is 318 g/mol. The Hall–Kier alpha value is -2.88. The van der Waals surface area contributed by atoms with Crippen LogP contribution in [0.1, 0.15) is 16.7 Å². The normalized spacial score (nSPS) is 10.5. The first kappa shape index (κ1) is 16.0. The van der Waals surface area contributed by atoms with E-state index < -0.39 is 0 Å². The Labute approximate surface area is 143 Å². The standard InChI is InChI=1S/C20H22N4/c1-15-9-10-18(16(2)11-15)23-19-12-20(22-14-21-19)24(3)13-17-7-5-4-6-8-17/h4-12,14H,13H2,1-3H3,(H,21,22,23). The maximum Gasteiger partial charge on any atom is 0.135 e. The van der Waals surface area contributed by atoms with Crippen LogP contribution in [0.3, 0.4) is 0 Å². The molecule has 4 heteroatoms. The van der Waals surface area contributed by atoms with E-state index in [1.165, 1.54) is 16.7 Å². The predicted molar refractivity (Wildman–Crippen MR) is 99.8 cm³/mol. The van der Waals surface area contributed by atoms with Gasteiger partial charge in [-0.2, -0.15) is 0 Å². The van der Waals surface area contributed by atoms with Crippen molar-refractivity contribution >= 4 is 17.3 Å². The first-order chi connectivity index (χ1) is 11.6. The second-order valence-electron chi connectivity index (χ2n) is 6.05. The van der Waals surface area contributed by atoms with Crippen molar-refractivity contribution < 1.29 is 0 Å². The molecule has 0 aliphatic carbocycles. The van der Waals surface area contributed by atoms with Crippen molar-refractivity contribution in [1.29, 1.82) is 0 Å². The van der Waals surface area contributed by atoms with E-state index >= 15 is 0 Å². The van der Waals surface area contributed by atoms with Crippen LogP contribution in [0.2, 0.25) is 0 Å². The lowest BCUT2D eigenvalue weighted by Gasteiger charge is -2.19. The summed E-state index contributed by atoms with van der Waals surface area (Å²) in [6.07, 6.45) is 1.60. The lowest BCUT2D eigenvalue weighted by molar-refractivity contribution is 0.892. The zero-order valence-electron chi connectivity index (χ0n) is 14.3. The summed E-state index contributed by atoms with van der Waals surface area (Å²) in [5.41, 5.74) is 4.77. The van der Waals surface area contributed by atoms with Gasteiger partial charge >= 0.3 is 0 Å². The van der Waals surface area contributed by atoms with Gasteiger partial charge in [0.15, 0.2) is 0 Å². The van der Waals surface area contributed by atoms with Gasteiger partial charge < -0.3 is 10.2 Å². The number of anilines is 3. The average Bonchev–Trinajstić information content (AvgIpc) is 2.59. The molecule has 0 fully saturated rings. The highest BCUT2D eigenvalue weighted by molar-refractivity contribution is 5.62. The Morgan fingerprint density at radius 1 is 0.958 bits per heavy atom. The second kappa shape index (κ2) is 7.13. The summed E-state index contributed by atoms with van der Waals surface area (Å²) in [5.74, 6) is 1.69. The summed E-state index contributed by atoms with van der Waals surface area (Å²) in [6, 6.07) is 18.7. The quantitative estimate of drug-likeness (QED) is 0.753. The zero-order chi connectivity index (χ0) is 16.9. The first-order valence-electron chi connectivity index (χ1n) is 8.03. The van der Waals surface area contributed by atoms with E-state index in [-0.39, 0.29) is 0 Å². The largest absolute Gasteiger partial charge is 0.355 e. The van der Waals surface area contributed by atoms with E-state index in [4.69, 9.17) is 0 Å². The molecule has 1 heterocycles. The average molecular weight is 318 g/mol. The molecule has 0 spiro atoms. The van der Waals surface area contributed by atoms with Crippen LogP contribution in [0.25, 0.3) is 0 Å². The molecule has 4 nitrogen and oxygen atoms in total. The molecule has 0 saturated carbocycles. The van der Waals surface area contributed by atoms with Crippen molar-refractivity contribution in [3.8, 4) is 0 Å². The molecular weight excluding hydrogens is 296 g/mol. The van der Waals surface area contributed by atoms with Gasteiger partial charge in [0.2, 0.25) is 0 Å². The topological polar surface area (TPSA) is 41.0 Å². The third-order valence-corrected chi connectivity index (χ3v) is 3.95. The molecule has 0 unspecified atom stereocenters. The smallest absolute Gasteiger partial charge is 0.135 e. The maximum absolute atomic E-state index is 4.39. The van der Waals surface area contributed by atoms with Crippen molar-refractivity contribution in [2.45, 2.75) is 20.4 Å². The molecule has 0 aliphatic heterocycles. The minimum Gasteiger partial charge on any atom is -0.355 e. The van der Waals surface area contributed by atoms with E-state index in [1.807, 2.05) is 19.2 Å². The second-order valence-corrected chi connectivity index (χ2v) is 6.05. The molecular formula is C20H22N4. The van der Waals surface area contributed by atoms with Crippen LogP contribution in [-0.4, -0.2) is 17.0 Å². The maximum atomic E-state index is 4.39. The van der Waals surface area contributed by atoms with Crippen LogP contribution < -0.4 is 10.2 Å².